The maximum absolute atomic E-state index is 12.6. The Hall–Kier alpha value is -1.89. The molecular weight excluding hydrogens is 320 g/mol. The fourth-order valence-electron chi connectivity index (χ4n) is 4.48. The molecule has 1 aromatic heterocycles. The lowest BCUT2D eigenvalue weighted by atomic mass is 9.92. The first-order chi connectivity index (χ1) is 12.3. The second-order valence-electron chi connectivity index (χ2n) is 7.18. The fraction of sp³-hybridized carbons (Fsp3) is 0.722. The van der Waals surface area contributed by atoms with Crippen LogP contribution in [-0.4, -0.2) is 66.3 Å². The summed E-state index contributed by atoms with van der Waals surface area (Å²) in [7, 11) is 1.62. The number of carbonyl (C=O) groups excluding carboxylic acids is 1. The minimum absolute atomic E-state index is 0.296. The van der Waals surface area contributed by atoms with Crippen LogP contribution >= 0.6 is 0 Å². The monoisotopic (exact) mass is 346 g/mol. The van der Waals surface area contributed by atoms with Crippen molar-refractivity contribution in [2.45, 2.75) is 44.2 Å². The lowest BCUT2D eigenvalue weighted by molar-refractivity contribution is -0.137. The van der Waals surface area contributed by atoms with Gasteiger partial charge in [-0.2, -0.15) is 0 Å². The summed E-state index contributed by atoms with van der Waals surface area (Å²) >= 11 is 0. The number of carbonyl (C=O) groups is 1. The SMILES string of the molecule is COc1cc(N2CC[C@@H]3[C@H]2CCC(=O)N3CC2CCOCC2)ncn1. The van der Waals surface area contributed by atoms with Crippen LogP contribution in [0.25, 0.3) is 0 Å². The first-order valence-electron chi connectivity index (χ1n) is 9.26. The highest BCUT2D eigenvalue weighted by Gasteiger charge is 2.44. The summed E-state index contributed by atoms with van der Waals surface area (Å²) < 4.78 is 10.7. The molecule has 2 atom stereocenters. The van der Waals surface area contributed by atoms with Gasteiger partial charge in [0, 0.05) is 38.8 Å². The van der Waals surface area contributed by atoms with Crippen molar-refractivity contribution in [2.24, 2.45) is 5.92 Å². The number of hydrogen-bond acceptors (Lipinski definition) is 6. The van der Waals surface area contributed by atoms with Gasteiger partial charge in [0.05, 0.1) is 19.2 Å². The van der Waals surface area contributed by atoms with E-state index in [2.05, 4.69) is 19.8 Å². The maximum atomic E-state index is 12.6. The van der Waals surface area contributed by atoms with E-state index in [1.165, 1.54) is 0 Å². The van der Waals surface area contributed by atoms with Crippen molar-refractivity contribution in [1.29, 1.82) is 0 Å². The van der Waals surface area contributed by atoms with E-state index < -0.39 is 0 Å². The number of piperidine rings is 1. The Morgan fingerprint density at radius 3 is 2.84 bits per heavy atom. The molecule has 4 rings (SSSR count). The highest BCUT2D eigenvalue weighted by atomic mass is 16.5. The quantitative estimate of drug-likeness (QED) is 0.823. The van der Waals surface area contributed by atoms with Crippen molar-refractivity contribution >= 4 is 11.7 Å². The molecule has 0 aliphatic carbocycles. The molecule has 4 heterocycles. The fourth-order valence-corrected chi connectivity index (χ4v) is 4.48. The zero-order valence-corrected chi connectivity index (χ0v) is 14.8. The summed E-state index contributed by atoms with van der Waals surface area (Å²) in [6.45, 7) is 3.46. The topological polar surface area (TPSA) is 67.8 Å². The van der Waals surface area contributed by atoms with Gasteiger partial charge in [-0.15, -0.1) is 0 Å². The standard InChI is InChI=1S/C18H26N4O3/c1-24-17-10-16(19-12-20-17)21-7-4-15-14(21)2-3-18(23)22(15)11-13-5-8-25-9-6-13/h10,12-15H,2-9,11H2,1H3/t14-,15-/m1/s1. The van der Waals surface area contributed by atoms with Gasteiger partial charge in [-0.05, 0) is 31.6 Å². The summed E-state index contributed by atoms with van der Waals surface area (Å²) in [4.78, 5) is 25.6. The van der Waals surface area contributed by atoms with Crippen LogP contribution < -0.4 is 9.64 Å². The van der Waals surface area contributed by atoms with E-state index in [1.54, 1.807) is 13.4 Å². The summed E-state index contributed by atoms with van der Waals surface area (Å²) in [6, 6.07) is 2.53. The number of likely N-dealkylation sites (tertiary alicyclic amines) is 1. The van der Waals surface area contributed by atoms with Gasteiger partial charge in [0.15, 0.2) is 0 Å². The number of rotatable bonds is 4. The zero-order chi connectivity index (χ0) is 17.2. The minimum atomic E-state index is 0.296. The van der Waals surface area contributed by atoms with E-state index in [4.69, 9.17) is 9.47 Å². The zero-order valence-electron chi connectivity index (χ0n) is 14.8. The lowest BCUT2D eigenvalue weighted by Gasteiger charge is -2.42. The predicted octanol–water partition coefficient (Wildman–Crippen LogP) is 1.48. The molecule has 1 aromatic rings. The van der Waals surface area contributed by atoms with E-state index in [0.717, 1.165) is 57.8 Å². The van der Waals surface area contributed by atoms with Gasteiger partial charge >= 0.3 is 0 Å². The molecule has 3 aliphatic rings. The van der Waals surface area contributed by atoms with Crippen molar-refractivity contribution in [3.05, 3.63) is 12.4 Å². The molecule has 0 spiro atoms. The molecule has 3 aliphatic heterocycles. The molecule has 3 fully saturated rings. The van der Waals surface area contributed by atoms with E-state index in [-0.39, 0.29) is 0 Å². The van der Waals surface area contributed by atoms with Crippen molar-refractivity contribution in [1.82, 2.24) is 14.9 Å². The third-order valence-electron chi connectivity index (χ3n) is 5.81. The molecule has 0 bridgehead atoms. The predicted molar refractivity (Wildman–Crippen MR) is 92.6 cm³/mol. The summed E-state index contributed by atoms with van der Waals surface area (Å²) in [5.74, 6) is 2.37. The number of fused-ring (bicyclic) bond motifs is 1. The largest absolute Gasteiger partial charge is 0.481 e. The average molecular weight is 346 g/mol. The molecule has 136 valence electrons. The first kappa shape index (κ1) is 16.6. The molecule has 0 radical (unpaired) electrons. The van der Waals surface area contributed by atoms with Crippen LogP contribution in [0.3, 0.4) is 0 Å². The van der Waals surface area contributed by atoms with Gasteiger partial charge in [-0.25, -0.2) is 9.97 Å². The molecule has 0 unspecified atom stereocenters. The summed E-state index contributed by atoms with van der Waals surface area (Å²) in [5, 5.41) is 0. The van der Waals surface area contributed by atoms with Crippen LogP contribution in [0.4, 0.5) is 5.82 Å². The number of anilines is 1. The maximum Gasteiger partial charge on any atom is 0.222 e. The number of ether oxygens (including phenoxy) is 2. The van der Waals surface area contributed by atoms with Crippen molar-refractivity contribution < 1.29 is 14.3 Å². The van der Waals surface area contributed by atoms with Crippen LogP contribution in [0.15, 0.2) is 12.4 Å². The molecular formula is C18H26N4O3. The van der Waals surface area contributed by atoms with Gasteiger partial charge < -0.3 is 19.3 Å². The Kier molecular flexibility index (Phi) is 4.74. The van der Waals surface area contributed by atoms with Gasteiger partial charge in [0.2, 0.25) is 11.8 Å². The molecule has 0 N–H and O–H groups in total. The van der Waals surface area contributed by atoms with Crippen molar-refractivity contribution in [3.63, 3.8) is 0 Å². The number of amides is 1. The smallest absolute Gasteiger partial charge is 0.222 e. The molecule has 7 heteroatoms. The average Bonchev–Trinajstić information content (AvgIpc) is 3.09. The molecule has 25 heavy (non-hydrogen) atoms. The van der Waals surface area contributed by atoms with Gasteiger partial charge in [-0.3, -0.25) is 4.79 Å². The summed E-state index contributed by atoms with van der Waals surface area (Å²) in [5.41, 5.74) is 0. The summed E-state index contributed by atoms with van der Waals surface area (Å²) in [6.07, 6.45) is 6.21. The van der Waals surface area contributed by atoms with Crippen LogP contribution in [0.1, 0.15) is 32.1 Å². The van der Waals surface area contributed by atoms with Crippen molar-refractivity contribution in [3.8, 4) is 5.88 Å². The Labute approximate surface area is 148 Å². The normalized spacial score (nSPS) is 27.5. The highest BCUT2D eigenvalue weighted by molar-refractivity contribution is 5.78. The Balaban J connectivity index is 1.50. The van der Waals surface area contributed by atoms with E-state index in [1.807, 2.05) is 6.07 Å². The third-order valence-corrected chi connectivity index (χ3v) is 5.81. The molecule has 0 saturated carbocycles. The van der Waals surface area contributed by atoms with Crippen LogP contribution in [-0.2, 0) is 9.53 Å². The second kappa shape index (κ2) is 7.15. The van der Waals surface area contributed by atoms with Gasteiger partial charge in [-0.1, -0.05) is 0 Å². The molecule has 3 saturated heterocycles. The number of methoxy groups -OCH3 is 1. The van der Waals surface area contributed by atoms with Gasteiger partial charge in [0.1, 0.15) is 12.1 Å². The van der Waals surface area contributed by atoms with Crippen LogP contribution in [0.2, 0.25) is 0 Å². The van der Waals surface area contributed by atoms with Gasteiger partial charge in [0.25, 0.3) is 0 Å². The minimum Gasteiger partial charge on any atom is -0.481 e. The first-order valence-corrected chi connectivity index (χ1v) is 9.26. The molecule has 1 amide bonds. The number of hydrogen-bond donors (Lipinski definition) is 0. The highest BCUT2D eigenvalue weighted by Crippen LogP contribution is 2.35. The Morgan fingerprint density at radius 1 is 1.20 bits per heavy atom. The molecule has 0 aromatic carbocycles. The van der Waals surface area contributed by atoms with E-state index in [9.17, 15) is 4.79 Å². The van der Waals surface area contributed by atoms with Crippen LogP contribution in [0.5, 0.6) is 5.88 Å². The number of nitrogens with zero attached hydrogens (tertiary/aromatic N) is 4. The van der Waals surface area contributed by atoms with Crippen LogP contribution in [0, 0.1) is 5.92 Å². The van der Waals surface area contributed by atoms with E-state index >= 15 is 0 Å². The second-order valence-corrected chi connectivity index (χ2v) is 7.18. The Bertz CT molecular complexity index is 620. The lowest BCUT2D eigenvalue weighted by Crippen LogP contribution is -2.54. The Morgan fingerprint density at radius 2 is 2.04 bits per heavy atom. The third kappa shape index (κ3) is 3.29. The number of aromatic nitrogens is 2. The van der Waals surface area contributed by atoms with E-state index in [0.29, 0.717) is 36.2 Å². The van der Waals surface area contributed by atoms with Crippen molar-refractivity contribution in [2.75, 3.05) is 38.3 Å². The molecule has 7 nitrogen and oxygen atoms in total.